The molecule has 3 aromatic heterocycles. The van der Waals surface area contributed by atoms with Gasteiger partial charge in [-0.1, -0.05) is 0 Å². The van der Waals surface area contributed by atoms with Gasteiger partial charge < -0.3 is 14.5 Å². The van der Waals surface area contributed by atoms with Crippen molar-refractivity contribution in [2.75, 3.05) is 6.61 Å². The minimum atomic E-state index is -0.758. The number of urea groups is 1. The van der Waals surface area contributed by atoms with Crippen LogP contribution in [-0.2, 0) is 23.1 Å². The number of aryl methyl sites for hydroxylation is 2. The van der Waals surface area contributed by atoms with Crippen molar-refractivity contribution in [2.24, 2.45) is 7.05 Å². The fraction of sp³-hybridized carbons (Fsp3) is 0.235. The summed E-state index contributed by atoms with van der Waals surface area (Å²) in [6, 6.07) is 4.24. The van der Waals surface area contributed by atoms with E-state index in [1.165, 1.54) is 12.5 Å². The molecule has 3 rings (SSSR count). The highest BCUT2D eigenvalue weighted by Crippen LogP contribution is 2.16. The monoisotopic (exact) mass is 371 g/mol. The van der Waals surface area contributed by atoms with Crippen molar-refractivity contribution in [3.8, 4) is 0 Å². The van der Waals surface area contributed by atoms with Gasteiger partial charge in [0, 0.05) is 18.6 Å². The van der Waals surface area contributed by atoms with Gasteiger partial charge in [-0.05, 0) is 25.1 Å². The zero-order chi connectivity index (χ0) is 19.4. The van der Waals surface area contributed by atoms with Gasteiger partial charge in [-0.25, -0.2) is 14.6 Å². The average molecular weight is 371 g/mol. The quantitative estimate of drug-likeness (QED) is 0.642. The van der Waals surface area contributed by atoms with Gasteiger partial charge in [0.1, 0.15) is 5.76 Å². The summed E-state index contributed by atoms with van der Waals surface area (Å²) in [5.74, 6) is -0.941. The molecule has 3 heterocycles. The van der Waals surface area contributed by atoms with Crippen LogP contribution in [0.4, 0.5) is 4.79 Å². The number of aromatic nitrogens is 3. The van der Waals surface area contributed by atoms with Gasteiger partial charge in [0.15, 0.2) is 12.3 Å². The first-order valence-electron chi connectivity index (χ1n) is 8.00. The Balaban J connectivity index is 1.50. The molecule has 0 saturated heterocycles. The van der Waals surface area contributed by atoms with Crippen molar-refractivity contribution in [1.29, 1.82) is 0 Å². The number of fused-ring (bicyclic) bond motifs is 1. The summed E-state index contributed by atoms with van der Waals surface area (Å²) in [7, 11) is 1.75. The fourth-order valence-corrected chi connectivity index (χ4v) is 2.42. The maximum absolute atomic E-state index is 12.1. The largest absolute Gasteiger partial charge is 0.467 e. The molecule has 0 bridgehead atoms. The zero-order valence-corrected chi connectivity index (χ0v) is 14.7. The van der Waals surface area contributed by atoms with Crippen molar-refractivity contribution in [1.82, 2.24) is 25.4 Å². The Bertz CT molecular complexity index is 993. The van der Waals surface area contributed by atoms with Gasteiger partial charge in [0.2, 0.25) is 0 Å². The number of esters is 1. The summed E-state index contributed by atoms with van der Waals surface area (Å²) >= 11 is 0. The highest BCUT2D eigenvalue weighted by Gasteiger charge is 2.15. The lowest BCUT2D eigenvalue weighted by molar-refractivity contribution is -0.123. The van der Waals surface area contributed by atoms with E-state index in [0.29, 0.717) is 16.8 Å². The number of carbonyl (C=O) groups excluding carboxylic acids is 3. The summed E-state index contributed by atoms with van der Waals surface area (Å²) in [6.45, 7) is 1.33. The fourth-order valence-electron chi connectivity index (χ4n) is 2.42. The molecule has 0 aromatic carbocycles. The van der Waals surface area contributed by atoms with Crippen LogP contribution in [-0.4, -0.2) is 39.3 Å². The molecule has 0 atom stereocenters. The van der Waals surface area contributed by atoms with Crippen molar-refractivity contribution in [2.45, 2.75) is 13.5 Å². The Morgan fingerprint density at radius 1 is 1.33 bits per heavy atom. The number of nitrogens with one attached hydrogen (secondary N) is 2. The van der Waals surface area contributed by atoms with Crippen molar-refractivity contribution in [3.05, 3.63) is 47.7 Å². The van der Waals surface area contributed by atoms with E-state index in [-0.39, 0.29) is 12.1 Å². The van der Waals surface area contributed by atoms with Crippen LogP contribution in [0.5, 0.6) is 0 Å². The molecule has 3 amide bonds. The maximum Gasteiger partial charge on any atom is 0.340 e. The van der Waals surface area contributed by atoms with Crippen LogP contribution in [0.25, 0.3) is 11.0 Å². The molecule has 0 unspecified atom stereocenters. The van der Waals surface area contributed by atoms with E-state index in [0.717, 1.165) is 5.69 Å². The lowest BCUT2D eigenvalue weighted by Gasteiger charge is -2.07. The molecule has 0 aliphatic carbocycles. The lowest BCUT2D eigenvalue weighted by atomic mass is 10.2. The van der Waals surface area contributed by atoms with Crippen molar-refractivity contribution >= 4 is 28.9 Å². The number of hydrogen-bond donors (Lipinski definition) is 2. The molecule has 0 spiro atoms. The number of imide groups is 1. The Morgan fingerprint density at radius 2 is 2.15 bits per heavy atom. The molecule has 10 nitrogen and oxygen atoms in total. The van der Waals surface area contributed by atoms with Crippen LogP contribution < -0.4 is 10.6 Å². The molecule has 140 valence electrons. The van der Waals surface area contributed by atoms with Crippen LogP contribution in [0.2, 0.25) is 0 Å². The second kappa shape index (κ2) is 7.68. The molecular weight excluding hydrogens is 354 g/mol. The third-order valence-corrected chi connectivity index (χ3v) is 3.69. The Morgan fingerprint density at radius 3 is 2.89 bits per heavy atom. The highest BCUT2D eigenvalue weighted by molar-refractivity contribution is 5.98. The standard InChI is InChI=1S/C17H17N5O5/c1-10-13-6-11(7-18-15(13)22(2)21-10)16(24)27-9-14(23)20-17(25)19-8-12-4-3-5-26-12/h3-7H,8-9H2,1-2H3,(H2,19,20,23,25). The number of nitrogens with zero attached hydrogens (tertiary/aromatic N) is 3. The first kappa shape index (κ1) is 18.1. The van der Waals surface area contributed by atoms with Gasteiger partial charge >= 0.3 is 12.0 Å². The minimum Gasteiger partial charge on any atom is -0.467 e. The number of ether oxygens (including phenoxy) is 1. The van der Waals surface area contributed by atoms with E-state index < -0.39 is 24.5 Å². The van der Waals surface area contributed by atoms with E-state index in [2.05, 4.69) is 20.7 Å². The number of furan rings is 1. The summed E-state index contributed by atoms with van der Waals surface area (Å²) in [5, 5.41) is 9.43. The first-order chi connectivity index (χ1) is 12.9. The number of pyridine rings is 1. The normalized spacial score (nSPS) is 10.6. The summed E-state index contributed by atoms with van der Waals surface area (Å²) < 4.78 is 11.6. The topological polar surface area (TPSA) is 128 Å². The van der Waals surface area contributed by atoms with Crippen LogP contribution in [0.3, 0.4) is 0 Å². The molecule has 0 radical (unpaired) electrons. The zero-order valence-electron chi connectivity index (χ0n) is 14.7. The van der Waals surface area contributed by atoms with Gasteiger partial charge in [0.05, 0.1) is 24.1 Å². The third-order valence-electron chi connectivity index (χ3n) is 3.69. The highest BCUT2D eigenvalue weighted by atomic mass is 16.5. The predicted molar refractivity (Wildman–Crippen MR) is 92.6 cm³/mol. The molecule has 0 saturated carbocycles. The van der Waals surface area contributed by atoms with Crippen LogP contribution in [0.15, 0.2) is 35.1 Å². The van der Waals surface area contributed by atoms with Crippen molar-refractivity contribution in [3.63, 3.8) is 0 Å². The Kier molecular flexibility index (Phi) is 5.15. The molecule has 0 aliphatic rings. The first-order valence-corrected chi connectivity index (χ1v) is 8.00. The van der Waals surface area contributed by atoms with E-state index >= 15 is 0 Å². The predicted octanol–water partition coefficient (Wildman–Crippen LogP) is 1.05. The number of carbonyl (C=O) groups is 3. The van der Waals surface area contributed by atoms with Crippen molar-refractivity contribution < 1.29 is 23.5 Å². The summed E-state index contributed by atoms with van der Waals surface area (Å²) in [5.41, 5.74) is 1.55. The SMILES string of the molecule is Cc1nn(C)c2ncc(C(=O)OCC(=O)NC(=O)NCc3ccco3)cc12. The minimum absolute atomic E-state index is 0.127. The van der Waals surface area contributed by atoms with Gasteiger partial charge in [-0.2, -0.15) is 5.10 Å². The summed E-state index contributed by atoms with van der Waals surface area (Å²) in [4.78, 5) is 39.6. The number of rotatable bonds is 5. The molecule has 3 aromatic rings. The molecule has 0 aliphatic heterocycles. The molecular formula is C17H17N5O5. The second-order valence-electron chi connectivity index (χ2n) is 5.69. The molecule has 2 N–H and O–H groups in total. The Hall–Kier alpha value is -3.69. The van der Waals surface area contributed by atoms with E-state index in [1.54, 1.807) is 36.9 Å². The number of hydrogen-bond acceptors (Lipinski definition) is 7. The molecule has 10 heteroatoms. The smallest absolute Gasteiger partial charge is 0.340 e. The van der Waals surface area contributed by atoms with E-state index in [9.17, 15) is 14.4 Å². The maximum atomic E-state index is 12.1. The number of amides is 3. The van der Waals surface area contributed by atoms with Gasteiger partial charge in [-0.3, -0.25) is 14.8 Å². The summed E-state index contributed by atoms with van der Waals surface area (Å²) in [6.07, 6.45) is 2.82. The van der Waals surface area contributed by atoms with Gasteiger partial charge in [-0.15, -0.1) is 0 Å². The third kappa shape index (κ3) is 4.29. The van der Waals surface area contributed by atoms with E-state index in [4.69, 9.17) is 9.15 Å². The molecule has 27 heavy (non-hydrogen) atoms. The average Bonchev–Trinajstić information content (AvgIpc) is 3.26. The lowest BCUT2D eigenvalue weighted by Crippen LogP contribution is -2.41. The van der Waals surface area contributed by atoms with E-state index in [1.807, 2.05) is 0 Å². The van der Waals surface area contributed by atoms with Crippen LogP contribution in [0, 0.1) is 6.92 Å². The van der Waals surface area contributed by atoms with Crippen LogP contribution >= 0.6 is 0 Å². The molecule has 0 fully saturated rings. The van der Waals surface area contributed by atoms with Crippen LogP contribution in [0.1, 0.15) is 21.8 Å². The second-order valence-corrected chi connectivity index (χ2v) is 5.69. The Labute approximate surface area is 153 Å². The van der Waals surface area contributed by atoms with Gasteiger partial charge in [0.25, 0.3) is 5.91 Å².